The predicted octanol–water partition coefficient (Wildman–Crippen LogP) is 3.08. The van der Waals surface area contributed by atoms with Crippen molar-refractivity contribution in [1.82, 2.24) is 14.9 Å². The van der Waals surface area contributed by atoms with Crippen LogP contribution in [0.15, 0.2) is 42.6 Å². The normalized spacial score (nSPS) is 21.5. The maximum Gasteiger partial charge on any atom is 0.133 e. The predicted molar refractivity (Wildman–Crippen MR) is 92.6 cm³/mol. The smallest absolute Gasteiger partial charge is 0.133 e. The molecule has 23 heavy (non-hydrogen) atoms. The van der Waals surface area contributed by atoms with Crippen LogP contribution in [0.4, 0.5) is 5.82 Å². The van der Waals surface area contributed by atoms with Crippen molar-refractivity contribution in [2.24, 2.45) is 0 Å². The van der Waals surface area contributed by atoms with Crippen LogP contribution in [0.2, 0.25) is 0 Å². The minimum absolute atomic E-state index is 0.507. The van der Waals surface area contributed by atoms with Crippen molar-refractivity contribution in [3.8, 4) is 0 Å². The number of anilines is 1. The third-order valence-corrected chi connectivity index (χ3v) is 4.80. The summed E-state index contributed by atoms with van der Waals surface area (Å²) in [6.07, 6.45) is 6.72. The van der Waals surface area contributed by atoms with Crippen LogP contribution in [0, 0.1) is 0 Å². The van der Waals surface area contributed by atoms with Gasteiger partial charge in [-0.15, -0.1) is 0 Å². The van der Waals surface area contributed by atoms with Crippen LogP contribution in [-0.4, -0.2) is 40.5 Å². The molecule has 120 valence electrons. The Morgan fingerprint density at radius 1 is 1.09 bits per heavy atom. The summed E-state index contributed by atoms with van der Waals surface area (Å²) in [7, 11) is 0. The molecule has 1 N–H and O–H groups in total. The lowest BCUT2D eigenvalue weighted by Crippen LogP contribution is -2.28. The van der Waals surface area contributed by atoms with Crippen molar-refractivity contribution in [3.05, 3.63) is 54.0 Å². The van der Waals surface area contributed by atoms with E-state index in [4.69, 9.17) is 0 Å². The monoisotopic (exact) mass is 308 g/mol. The van der Waals surface area contributed by atoms with Gasteiger partial charge in [-0.25, -0.2) is 9.97 Å². The number of likely N-dealkylation sites (tertiary alicyclic amines) is 1. The first kappa shape index (κ1) is 14.6. The first-order chi connectivity index (χ1) is 11.4. The van der Waals surface area contributed by atoms with E-state index in [0.717, 1.165) is 31.2 Å². The van der Waals surface area contributed by atoms with Gasteiger partial charge in [0.15, 0.2) is 0 Å². The highest BCUT2D eigenvalue weighted by molar-refractivity contribution is 5.35. The largest absolute Gasteiger partial charge is 0.366 e. The van der Waals surface area contributed by atoms with Gasteiger partial charge in [-0.1, -0.05) is 30.3 Å². The van der Waals surface area contributed by atoms with Crippen LogP contribution < -0.4 is 5.32 Å². The molecule has 1 saturated heterocycles. The number of nitrogens with zero attached hydrogens (tertiary/aromatic N) is 3. The van der Waals surface area contributed by atoms with E-state index >= 15 is 0 Å². The highest BCUT2D eigenvalue weighted by Gasteiger charge is 2.27. The Hall–Kier alpha value is -1.94. The zero-order chi connectivity index (χ0) is 15.5. The summed E-state index contributed by atoms with van der Waals surface area (Å²) in [5.41, 5.74) is 1.42. The van der Waals surface area contributed by atoms with Crippen molar-refractivity contribution in [2.75, 3.05) is 25.0 Å². The van der Waals surface area contributed by atoms with Crippen LogP contribution in [-0.2, 0) is 6.42 Å². The Morgan fingerprint density at radius 3 is 2.78 bits per heavy atom. The molecule has 2 aliphatic rings. The molecule has 1 saturated carbocycles. The Bertz CT molecular complexity index is 639. The van der Waals surface area contributed by atoms with Crippen LogP contribution in [0.5, 0.6) is 0 Å². The molecule has 0 amide bonds. The van der Waals surface area contributed by atoms with Gasteiger partial charge in [-0.2, -0.15) is 0 Å². The summed E-state index contributed by atoms with van der Waals surface area (Å²) in [5.74, 6) is 2.63. The van der Waals surface area contributed by atoms with Crippen molar-refractivity contribution in [1.29, 1.82) is 0 Å². The Kier molecular flexibility index (Phi) is 4.24. The summed E-state index contributed by atoms with van der Waals surface area (Å²) in [6, 6.07) is 13.3. The molecule has 1 aromatic carbocycles. The number of hydrogen-bond donors (Lipinski definition) is 1. The van der Waals surface area contributed by atoms with E-state index in [1.807, 2.05) is 12.3 Å². The fourth-order valence-electron chi connectivity index (χ4n) is 3.29. The average molecular weight is 308 g/mol. The highest BCUT2D eigenvalue weighted by Crippen LogP contribution is 2.38. The third kappa shape index (κ3) is 3.88. The number of aromatic nitrogens is 2. The van der Waals surface area contributed by atoms with Gasteiger partial charge in [0.2, 0.25) is 0 Å². The van der Waals surface area contributed by atoms with E-state index in [2.05, 4.69) is 50.5 Å². The lowest BCUT2D eigenvalue weighted by atomic mass is 10.1. The molecule has 4 nitrogen and oxygen atoms in total. The molecule has 2 heterocycles. The first-order valence-electron chi connectivity index (χ1n) is 8.72. The zero-order valence-electron chi connectivity index (χ0n) is 13.5. The number of rotatable bonds is 6. The molecular weight excluding hydrogens is 284 g/mol. The fraction of sp³-hybridized carbons (Fsp3) is 0.474. The molecule has 1 atom stereocenters. The molecule has 1 aliphatic carbocycles. The first-order valence-corrected chi connectivity index (χ1v) is 8.72. The number of hydrogen-bond acceptors (Lipinski definition) is 4. The second-order valence-electron chi connectivity index (χ2n) is 6.74. The Labute approximate surface area is 138 Å². The standard InChI is InChI=1S/C19H24N4/c1-2-4-15(5-3-1)9-12-23-13-10-17(14-23)21-18-8-11-20-19(22-18)16-6-7-16/h1-5,8,11,16-17H,6-7,9-10,12-14H2,(H,20,21,22). The molecule has 1 unspecified atom stereocenters. The second kappa shape index (κ2) is 6.67. The molecule has 1 aromatic heterocycles. The lowest BCUT2D eigenvalue weighted by Gasteiger charge is -2.17. The number of nitrogens with one attached hydrogen (secondary N) is 1. The molecular formula is C19H24N4. The van der Waals surface area contributed by atoms with Gasteiger partial charge in [0, 0.05) is 37.8 Å². The van der Waals surface area contributed by atoms with Crippen LogP contribution >= 0.6 is 0 Å². The molecule has 0 spiro atoms. The van der Waals surface area contributed by atoms with Gasteiger partial charge in [0.1, 0.15) is 11.6 Å². The van der Waals surface area contributed by atoms with Crippen LogP contribution in [0.1, 0.15) is 36.6 Å². The summed E-state index contributed by atoms with van der Waals surface area (Å²) in [4.78, 5) is 11.6. The number of benzene rings is 1. The molecule has 2 fully saturated rings. The quantitative estimate of drug-likeness (QED) is 0.890. The summed E-state index contributed by atoms with van der Waals surface area (Å²) >= 11 is 0. The van der Waals surface area contributed by atoms with Gasteiger partial charge < -0.3 is 10.2 Å². The second-order valence-corrected chi connectivity index (χ2v) is 6.74. The zero-order valence-corrected chi connectivity index (χ0v) is 13.5. The molecule has 2 aromatic rings. The minimum atomic E-state index is 0.507. The summed E-state index contributed by atoms with van der Waals surface area (Å²) < 4.78 is 0. The van der Waals surface area contributed by atoms with E-state index in [1.165, 1.54) is 31.4 Å². The van der Waals surface area contributed by atoms with E-state index in [1.54, 1.807) is 0 Å². The van der Waals surface area contributed by atoms with Gasteiger partial charge in [-0.3, -0.25) is 0 Å². The molecule has 0 bridgehead atoms. The van der Waals surface area contributed by atoms with Crippen molar-refractivity contribution >= 4 is 5.82 Å². The van der Waals surface area contributed by atoms with E-state index < -0.39 is 0 Å². The average Bonchev–Trinajstić information content (AvgIpc) is 3.35. The van der Waals surface area contributed by atoms with Gasteiger partial charge in [-0.05, 0) is 37.3 Å². The Morgan fingerprint density at radius 2 is 1.96 bits per heavy atom. The van der Waals surface area contributed by atoms with Crippen molar-refractivity contribution in [2.45, 2.75) is 37.6 Å². The molecule has 1 aliphatic heterocycles. The van der Waals surface area contributed by atoms with Gasteiger partial charge in [0.05, 0.1) is 0 Å². The SMILES string of the molecule is c1ccc(CCN2CCC(Nc3ccnc(C4CC4)n3)C2)cc1. The van der Waals surface area contributed by atoms with Crippen molar-refractivity contribution in [3.63, 3.8) is 0 Å². The van der Waals surface area contributed by atoms with Crippen LogP contribution in [0.3, 0.4) is 0 Å². The van der Waals surface area contributed by atoms with E-state index in [-0.39, 0.29) is 0 Å². The Balaban J connectivity index is 1.27. The molecule has 4 rings (SSSR count). The molecule has 4 heteroatoms. The van der Waals surface area contributed by atoms with E-state index in [9.17, 15) is 0 Å². The fourth-order valence-corrected chi connectivity index (χ4v) is 3.29. The van der Waals surface area contributed by atoms with Crippen molar-refractivity contribution < 1.29 is 0 Å². The van der Waals surface area contributed by atoms with E-state index in [0.29, 0.717) is 12.0 Å². The maximum absolute atomic E-state index is 4.68. The summed E-state index contributed by atoms with van der Waals surface area (Å²) in [5, 5.41) is 3.60. The summed E-state index contributed by atoms with van der Waals surface area (Å²) in [6.45, 7) is 3.42. The van der Waals surface area contributed by atoms with Gasteiger partial charge in [0.25, 0.3) is 0 Å². The third-order valence-electron chi connectivity index (χ3n) is 4.80. The lowest BCUT2D eigenvalue weighted by molar-refractivity contribution is 0.340. The van der Waals surface area contributed by atoms with Gasteiger partial charge >= 0.3 is 0 Å². The highest BCUT2D eigenvalue weighted by atomic mass is 15.2. The maximum atomic E-state index is 4.68. The minimum Gasteiger partial charge on any atom is -0.366 e. The molecule has 0 radical (unpaired) electrons. The van der Waals surface area contributed by atoms with Crippen LogP contribution in [0.25, 0.3) is 0 Å². The topological polar surface area (TPSA) is 41.0 Å².